The molecule has 0 saturated carbocycles. The predicted molar refractivity (Wildman–Crippen MR) is 91.2 cm³/mol. The first-order valence-corrected chi connectivity index (χ1v) is 8.64. The van der Waals surface area contributed by atoms with Crippen molar-refractivity contribution < 1.29 is 19.1 Å². The molecule has 3 rings (SSSR count). The number of hydrogen-bond acceptors (Lipinski definition) is 4. The number of piperazine rings is 1. The third kappa shape index (κ3) is 3.71. The molecular weight excluding hydrogens is 346 g/mol. The number of amides is 3. The topological polar surface area (TPSA) is 70.2 Å². The van der Waals surface area contributed by atoms with E-state index < -0.39 is 11.8 Å². The van der Waals surface area contributed by atoms with Gasteiger partial charge in [0, 0.05) is 36.8 Å². The van der Waals surface area contributed by atoms with E-state index in [0.29, 0.717) is 50.1 Å². The summed E-state index contributed by atoms with van der Waals surface area (Å²) in [5, 5.41) is 0.577. The molecule has 0 radical (unpaired) electrons. The first kappa shape index (κ1) is 17.5. The lowest BCUT2D eigenvalue weighted by Crippen LogP contribution is -2.56. The van der Waals surface area contributed by atoms with Gasteiger partial charge < -0.3 is 19.4 Å². The SMILES string of the molecule is CCN1CCN(CC(=O)N2CCOc3ccc(Cl)cc3C2)C(=O)C1=O. The standard InChI is InChI=1S/C17H20ClN3O4/c1-2-19-5-6-21(17(24)16(19)23)11-15(22)20-7-8-25-14-4-3-13(18)9-12(14)10-20/h3-4,9H,2,5-8,10-11H2,1H3. The molecule has 0 aromatic heterocycles. The Morgan fingerprint density at radius 1 is 1.16 bits per heavy atom. The van der Waals surface area contributed by atoms with Gasteiger partial charge in [0.25, 0.3) is 0 Å². The lowest BCUT2D eigenvalue weighted by Gasteiger charge is -2.33. The third-order valence-electron chi connectivity index (χ3n) is 4.46. The van der Waals surface area contributed by atoms with Crippen molar-refractivity contribution in [3.8, 4) is 5.75 Å². The Balaban J connectivity index is 1.67. The summed E-state index contributed by atoms with van der Waals surface area (Å²) >= 11 is 6.02. The zero-order chi connectivity index (χ0) is 18.0. The van der Waals surface area contributed by atoms with Gasteiger partial charge in [-0.1, -0.05) is 11.6 Å². The van der Waals surface area contributed by atoms with E-state index in [4.69, 9.17) is 16.3 Å². The number of nitrogens with zero attached hydrogens (tertiary/aromatic N) is 3. The van der Waals surface area contributed by atoms with E-state index in [1.54, 1.807) is 23.1 Å². The second kappa shape index (κ2) is 7.31. The summed E-state index contributed by atoms with van der Waals surface area (Å²) in [7, 11) is 0. The largest absolute Gasteiger partial charge is 0.491 e. The molecule has 1 aromatic rings. The summed E-state index contributed by atoms with van der Waals surface area (Å²) in [6.45, 7) is 4.20. The Hall–Kier alpha value is -2.28. The molecule has 2 aliphatic rings. The van der Waals surface area contributed by atoms with Crippen molar-refractivity contribution in [2.75, 3.05) is 39.3 Å². The molecule has 2 heterocycles. The van der Waals surface area contributed by atoms with Gasteiger partial charge in [0.1, 0.15) is 18.9 Å². The molecule has 134 valence electrons. The maximum Gasteiger partial charge on any atom is 0.312 e. The van der Waals surface area contributed by atoms with Crippen LogP contribution in [0.2, 0.25) is 5.02 Å². The van der Waals surface area contributed by atoms with Crippen LogP contribution < -0.4 is 4.74 Å². The summed E-state index contributed by atoms with van der Waals surface area (Å²) in [6, 6.07) is 5.31. The molecule has 0 unspecified atom stereocenters. The first-order chi connectivity index (χ1) is 12.0. The molecule has 1 aromatic carbocycles. The van der Waals surface area contributed by atoms with Crippen LogP contribution in [-0.4, -0.2) is 71.8 Å². The highest BCUT2D eigenvalue weighted by molar-refractivity contribution is 6.35. The van der Waals surface area contributed by atoms with Gasteiger partial charge in [-0.2, -0.15) is 0 Å². The van der Waals surface area contributed by atoms with E-state index >= 15 is 0 Å². The van der Waals surface area contributed by atoms with Crippen molar-refractivity contribution >= 4 is 29.3 Å². The first-order valence-electron chi connectivity index (χ1n) is 8.26. The number of rotatable bonds is 3. The summed E-state index contributed by atoms with van der Waals surface area (Å²) in [5.41, 5.74) is 0.830. The van der Waals surface area contributed by atoms with Crippen LogP contribution in [0.3, 0.4) is 0 Å². The molecule has 1 fully saturated rings. The maximum absolute atomic E-state index is 12.6. The molecule has 0 spiro atoms. The molecule has 0 N–H and O–H groups in total. The lowest BCUT2D eigenvalue weighted by molar-refractivity contribution is -0.157. The average Bonchev–Trinajstić information content (AvgIpc) is 2.81. The van der Waals surface area contributed by atoms with Crippen molar-refractivity contribution in [1.82, 2.24) is 14.7 Å². The van der Waals surface area contributed by atoms with Crippen LogP contribution >= 0.6 is 11.6 Å². The van der Waals surface area contributed by atoms with E-state index in [-0.39, 0.29) is 12.5 Å². The fourth-order valence-corrected chi connectivity index (χ4v) is 3.20. The Morgan fingerprint density at radius 2 is 1.88 bits per heavy atom. The molecule has 0 atom stereocenters. The highest BCUT2D eigenvalue weighted by Crippen LogP contribution is 2.26. The molecule has 3 amide bonds. The fourth-order valence-electron chi connectivity index (χ4n) is 3.01. The van der Waals surface area contributed by atoms with Crippen LogP contribution in [0.25, 0.3) is 0 Å². The minimum Gasteiger partial charge on any atom is -0.491 e. The van der Waals surface area contributed by atoms with Crippen molar-refractivity contribution in [2.45, 2.75) is 13.5 Å². The Morgan fingerprint density at radius 3 is 2.64 bits per heavy atom. The molecule has 25 heavy (non-hydrogen) atoms. The number of carbonyl (C=O) groups excluding carboxylic acids is 3. The van der Waals surface area contributed by atoms with E-state index in [1.807, 2.05) is 6.92 Å². The Kier molecular flexibility index (Phi) is 5.13. The highest BCUT2D eigenvalue weighted by atomic mass is 35.5. The Bertz CT molecular complexity index is 709. The quantitative estimate of drug-likeness (QED) is 0.741. The van der Waals surface area contributed by atoms with Crippen molar-refractivity contribution in [3.05, 3.63) is 28.8 Å². The molecule has 8 heteroatoms. The number of likely N-dealkylation sites (N-methyl/N-ethyl adjacent to an activating group) is 1. The molecule has 7 nitrogen and oxygen atoms in total. The summed E-state index contributed by atoms with van der Waals surface area (Å²) < 4.78 is 5.65. The van der Waals surface area contributed by atoms with E-state index in [9.17, 15) is 14.4 Å². The monoisotopic (exact) mass is 365 g/mol. The minimum atomic E-state index is -0.615. The summed E-state index contributed by atoms with van der Waals surface area (Å²) in [6.07, 6.45) is 0. The van der Waals surface area contributed by atoms with Crippen molar-refractivity contribution in [3.63, 3.8) is 0 Å². The number of hydrogen-bond donors (Lipinski definition) is 0. The van der Waals surface area contributed by atoms with Gasteiger partial charge >= 0.3 is 11.8 Å². The number of fused-ring (bicyclic) bond motifs is 1. The maximum atomic E-state index is 12.6. The second-order valence-electron chi connectivity index (χ2n) is 6.03. The molecule has 0 bridgehead atoms. The van der Waals surface area contributed by atoms with Gasteiger partial charge in [0.15, 0.2) is 0 Å². The van der Waals surface area contributed by atoms with Crippen molar-refractivity contribution in [1.29, 1.82) is 0 Å². The van der Waals surface area contributed by atoms with E-state index in [1.165, 1.54) is 9.80 Å². The van der Waals surface area contributed by atoms with Crippen LogP contribution in [0.4, 0.5) is 0 Å². The number of ether oxygens (including phenoxy) is 1. The normalized spacial score (nSPS) is 17.9. The number of benzene rings is 1. The fraction of sp³-hybridized carbons (Fsp3) is 0.471. The molecular formula is C17H20ClN3O4. The molecule has 2 aliphatic heterocycles. The zero-order valence-corrected chi connectivity index (χ0v) is 14.8. The second-order valence-corrected chi connectivity index (χ2v) is 6.46. The zero-order valence-electron chi connectivity index (χ0n) is 14.0. The van der Waals surface area contributed by atoms with Crippen LogP contribution in [0.15, 0.2) is 18.2 Å². The minimum absolute atomic E-state index is 0.0992. The van der Waals surface area contributed by atoms with Crippen molar-refractivity contribution in [2.24, 2.45) is 0 Å². The molecule has 1 saturated heterocycles. The van der Waals surface area contributed by atoms with Crippen LogP contribution in [-0.2, 0) is 20.9 Å². The predicted octanol–water partition coefficient (Wildman–Crippen LogP) is 0.752. The van der Waals surface area contributed by atoms with Gasteiger partial charge in [-0.15, -0.1) is 0 Å². The third-order valence-corrected chi connectivity index (χ3v) is 4.70. The van der Waals surface area contributed by atoms with Crippen LogP contribution in [0.5, 0.6) is 5.75 Å². The lowest BCUT2D eigenvalue weighted by atomic mass is 10.2. The average molecular weight is 366 g/mol. The van der Waals surface area contributed by atoms with Gasteiger partial charge in [-0.25, -0.2) is 0 Å². The number of halogens is 1. The van der Waals surface area contributed by atoms with E-state index in [0.717, 1.165) is 5.56 Å². The van der Waals surface area contributed by atoms with E-state index in [2.05, 4.69) is 0 Å². The number of carbonyl (C=O) groups is 3. The van der Waals surface area contributed by atoms with Gasteiger partial charge in [0.2, 0.25) is 5.91 Å². The van der Waals surface area contributed by atoms with Gasteiger partial charge in [-0.05, 0) is 25.1 Å². The molecule has 0 aliphatic carbocycles. The highest BCUT2D eigenvalue weighted by Gasteiger charge is 2.33. The summed E-state index contributed by atoms with van der Waals surface area (Å²) in [5.74, 6) is -0.654. The smallest absolute Gasteiger partial charge is 0.312 e. The van der Waals surface area contributed by atoms with Crippen LogP contribution in [0.1, 0.15) is 12.5 Å². The van der Waals surface area contributed by atoms with Gasteiger partial charge in [-0.3, -0.25) is 14.4 Å². The van der Waals surface area contributed by atoms with Crippen LogP contribution in [0, 0.1) is 0 Å². The summed E-state index contributed by atoms with van der Waals surface area (Å²) in [4.78, 5) is 41.2. The Labute approximate surface area is 151 Å². The van der Waals surface area contributed by atoms with Gasteiger partial charge in [0.05, 0.1) is 6.54 Å².